The molecule has 0 saturated heterocycles. The number of carbonyl (C=O) groups is 1. The van der Waals surface area contributed by atoms with Gasteiger partial charge in [0.05, 0.1) is 49.3 Å². The second kappa shape index (κ2) is 14.2. The van der Waals surface area contributed by atoms with Crippen LogP contribution in [-0.2, 0) is 16.1 Å². The molecule has 0 spiro atoms. The molecular formula is C38H36N2O7S. The SMILES string of the molecule is CCOC(=O)C1=C(C)N=c2s/c(=C\c3ccc(OCc4cccc5ccccc45)c(OCC)c3)c(=O)n2C1c1ccc(OC)c(OC)c1. The molecule has 0 saturated carbocycles. The number of hydrogen-bond donors (Lipinski definition) is 0. The summed E-state index contributed by atoms with van der Waals surface area (Å²) in [7, 11) is 3.09. The molecule has 0 aliphatic carbocycles. The normalized spacial score (nSPS) is 14.4. The highest BCUT2D eigenvalue weighted by atomic mass is 32.1. The molecule has 1 aliphatic rings. The Kier molecular flexibility index (Phi) is 9.63. The van der Waals surface area contributed by atoms with E-state index < -0.39 is 12.0 Å². The fourth-order valence-corrected chi connectivity index (χ4v) is 6.90. The zero-order chi connectivity index (χ0) is 33.8. The molecule has 246 valence electrons. The summed E-state index contributed by atoms with van der Waals surface area (Å²) in [6.45, 7) is 6.40. The second-order valence-corrected chi connectivity index (χ2v) is 12.0. The summed E-state index contributed by atoms with van der Waals surface area (Å²) in [6, 6.07) is 24.5. The van der Waals surface area contributed by atoms with E-state index in [4.69, 9.17) is 23.7 Å². The van der Waals surface area contributed by atoms with Gasteiger partial charge in [-0.05, 0) is 78.6 Å². The zero-order valence-electron chi connectivity index (χ0n) is 27.4. The molecule has 10 heteroatoms. The van der Waals surface area contributed by atoms with Crippen molar-refractivity contribution in [2.75, 3.05) is 27.4 Å². The average molecular weight is 665 g/mol. The van der Waals surface area contributed by atoms with Crippen LogP contribution in [0.3, 0.4) is 0 Å². The predicted octanol–water partition coefficient (Wildman–Crippen LogP) is 5.95. The Bertz CT molecular complexity index is 2210. The topological polar surface area (TPSA) is 97.6 Å². The number of methoxy groups -OCH3 is 2. The quantitative estimate of drug-likeness (QED) is 0.161. The summed E-state index contributed by atoms with van der Waals surface area (Å²) in [4.78, 5) is 32.6. The van der Waals surface area contributed by atoms with Gasteiger partial charge in [0.2, 0.25) is 0 Å². The van der Waals surface area contributed by atoms with E-state index in [1.807, 2.05) is 49.4 Å². The number of carbonyl (C=O) groups excluding carboxylic acids is 1. The van der Waals surface area contributed by atoms with Crippen LogP contribution < -0.4 is 33.8 Å². The lowest BCUT2D eigenvalue weighted by molar-refractivity contribution is -0.139. The third-order valence-corrected chi connectivity index (χ3v) is 9.05. The fourth-order valence-electron chi connectivity index (χ4n) is 5.86. The number of thiazole rings is 1. The van der Waals surface area contributed by atoms with E-state index in [1.54, 1.807) is 43.7 Å². The summed E-state index contributed by atoms with van der Waals surface area (Å²) in [5.74, 6) is 1.64. The first-order valence-corrected chi connectivity index (χ1v) is 16.5. The van der Waals surface area contributed by atoms with Crippen molar-refractivity contribution in [3.63, 3.8) is 0 Å². The number of rotatable bonds is 11. The number of ether oxygens (including phenoxy) is 5. The summed E-state index contributed by atoms with van der Waals surface area (Å²) < 4.78 is 30.6. The molecule has 9 nitrogen and oxygen atoms in total. The molecular weight excluding hydrogens is 628 g/mol. The minimum atomic E-state index is -0.786. The minimum Gasteiger partial charge on any atom is -0.493 e. The van der Waals surface area contributed by atoms with Crippen LogP contribution in [0.4, 0.5) is 0 Å². The van der Waals surface area contributed by atoms with E-state index >= 15 is 0 Å². The van der Waals surface area contributed by atoms with Gasteiger partial charge in [-0.2, -0.15) is 0 Å². The lowest BCUT2D eigenvalue weighted by Crippen LogP contribution is -2.39. The van der Waals surface area contributed by atoms with Crippen LogP contribution in [0.5, 0.6) is 23.0 Å². The molecule has 0 fully saturated rings. The Morgan fingerprint density at radius 3 is 2.42 bits per heavy atom. The number of nitrogens with zero attached hydrogens (tertiary/aromatic N) is 2. The molecule has 48 heavy (non-hydrogen) atoms. The van der Waals surface area contributed by atoms with Crippen molar-refractivity contribution in [3.05, 3.63) is 127 Å². The van der Waals surface area contributed by atoms with Crippen LogP contribution in [0.25, 0.3) is 16.8 Å². The maximum atomic E-state index is 14.2. The molecule has 6 rings (SSSR count). The van der Waals surface area contributed by atoms with Crippen molar-refractivity contribution in [1.82, 2.24) is 4.57 Å². The Labute approximate surface area is 281 Å². The van der Waals surface area contributed by atoms with Crippen LogP contribution in [0.15, 0.2) is 99.9 Å². The molecule has 5 aromatic rings. The number of hydrogen-bond acceptors (Lipinski definition) is 9. The van der Waals surface area contributed by atoms with Gasteiger partial charge in [0.25, 0.3) is 5.56 Å². The lowest BCUT2D eigenvalue weighted by atomic mass is 9.95. The molecule has 1 aliphatic heterocycles. The van der Waals surface area contributed by atoms with Crippen molar-refractivity contribution in [2.45, 2.75) is 33.4 Å². The van der Waals surface area contributed by atoms with E-state index in [-0.39, 0.29) is 17.7 Å². The largest absolute Gasteiger partial charge is 0.493 e. The third kappa shape index (κ3) is 6.31. The number of esters is 1. The van der Waals surface area contributed by atoms with Crippen LogP contribution in [-0.4, -0.2) is 38.0 Å². The Morgan fingerprint density at radius 2 is 1.65 bits per heavy atom. The smallest absolute Gasteiger partial charge is 0.338 e. The summed E-state index contributed by atoms with van der Waals surface area (Å²) >= 11 is 1.25. The number of allylic oxidation sites excluding steroid dienone is 1. The standard InChI is InChI=1S/C38H36N2O7S/c1-6-45-32-19-24(15-17-30(32)47-22-27-13-10-12-25-11-8-9-14-28(25)27)20-33-36(41)40-35(26-16-18-29(43-4)31(21-26)44-5)34(37(42)46-7-2)23(3)39-38(40)48-33/h8-21,35H,6-7,22H2,1-5H3/b33-20-. The maximum Gasteiger partial charge on any atom is 0.338 e. The molecule has 0 radical (unpaired) electrons. The van der Waals surface area contributed by atoms with Gasteiger partial charge in [-0.15, -0.1) is 0 Å². The molecule has 1 aromatic heterocycles. The van der Waals surface area contributed by atoms with Crippen molar-refractivity contribution >= 4 is 34.2 Å². The number of aromatic nitrogens is 1. The highest BCUT2D eigenvalue weighted by Crippen LogP contribution is 2.36. The highest BCUT2D eigenvalue weighted by Gasteiger charge is 2.34. The van der Waals surface area contributed by atoms with Crippen LogP contribution in [0, 0.1) is 0 Å². The molecule has 0 bridgehead atoms. The van der Waals surface area contributed by atoms with Gasteiger partial charge in [0.15, 0.2) is 27.8 Å². The molecule has 1 unspecified atom stereocenters. The van der Waals surface area contributed by atoms with E-state index in [0.29, 0.717) is 56.8 Å². The number of benzene rings is 4. The van der Waals surface area contributed by atoms with E-state index in [2.05, 4.69) is 29.3 Å². The van der Waals surface area contributed by atoms with Crippen molar-refractivity contribution in [2.24, 2.45) is 4.99 Å². The molecule has 0 N–H and O–H groups in total. The summed E-state index contributed by atoms with van der Waals surface area (Å²) in [6.07, 6.45) is 1.80. The fraction of sp³-hybridized carbons (Fsp3) is 0.237. The van der Waals surface area contributed by atoms with Crippen LogP contribution in [0.1, 0.15) is 43.5 Å². The molecule has 2 heterocycles. The number of fused-ring (bicyclic) bond motifs is 2. The van der Waals surface area contributed by atoms with Gasteiger partial charge < -0.3 is 23.7 Å². The highest BCUT2D eigenvalue weighted by molar-refractivity contribution is 7.07. The monoisotopic (exact) mass is 664 g/mol. The Morgan fingerprint density at radius 1 is 0.875 bits per heavy atom. The first kappa shape index (κ1) is 32.6. The zero-order valence-corrected chi connectivity index (χ0v) is 28.3. The van der Waals surface area contributed by atoms with Gasteiger partial charge in [0, 0.05) is 0 Å². The summed E-state index contributed by atoms with van der Waals surface area (Å²) in [5.41, 5.74) is 2.96. The van der Waals surface area contributed by atoms with Gasteiger partial charge >= 0.3 is 5.97 Å². The van der Waals surface area contributed by atoms with Crippen LogP contribution in [0.2, 0.25) is 0 Å². The van der Waals surface area contributed by atoms with Gasteiger partial charge in [0.1, 0.15) is 6.61 Å². The second-order valence-electron chi connectivity index (χ2n) is 11.0. The van der Waals surface area contributed by atoms with E-state index in [9.17, 15) is 9.59 Å². The first-order valence-electron chi connectivity index (χ1n) is 15.6. The van der Waals surface area contributed by atoms with E-state index in [1.165, 1.54) is 18.4 Å². The summed E-state index contributed by atoms with van der Waals surface area (Å²) in [5, 5.41) is 2.29. The molecule has 0 amide bonds. The van der Waals surface area contributed by atoms with Crippen LogP contribution >= 0.6 is 11.3 Å². The maximum absolute atomic E-state index is 14.2. The van der Waals surface area contributed by atoms with E-state index in [0.717, 1.165) is 21.9 Å². The molecule has 4 aromatic carbocycles. The lowest BCUT2D eigenvalue weighted by Gasteiger charge is -2.25. The first-order chi connectivity index (χ1) is 23.4. The minimum absolute atomic E-state index is 0.183. The van der Waals surface area contributed by atoms with Crippen molar-refractivity contribution < 1.29 is 28.5 Å². The Hall–Kier alpha value is -5.35. The van der Waals surface area contributed by atoms with Gasteiger partial charge in [-0.3, -0.25) is 9.36 Å². The van der Waals surface area contributed by atoms with Crippen molar-refractivity contribution in [3.8, 4) is 23.0 Å². The van der Waals surface area contributed by atoms with Gasteiger partial charge in [-0.25, -0.2) is 9.79 Å². The predicted molar refractivity (Wildman–Crippen MR) is 186 cm³/mol. The average Bonchev–Trinajstić information content (AvgIpc) is 3.40. The third-order valence-electron chi connectivity index (χ3n) is 8.07. The van der Waals surface area contributed by atoms with Crippen molar-refractivity contribution in [1.29, 1.82) is 0 Å². The van der Waals surface area contributed by atoms with Gasteiger partial charge in [-0.1, -0.05) is 65.9 Å². The Balaban J connectivity index is 1.39. The molecule has 1 atom stereocenters.